The van der Waals surface area contributed by atoms with Crippen LogP contribution in [0.5, 0.6) is 0 Å². The van der Waals surface area contributed by atoms with E-state index in [9.17, 15) is 14.7 Å². The second-order valence-corrected chi connectivity index (χ2v) is 5.52. The van der Waals surface area contributed by atoms with Crippen LogP contribution in [0.25, 0.3) is 0 Å². The Bertz CT molecular complexity index is 488. The fraction of sp³-hybridized carbons (Fsp3) is 0.643. The molecule has 1 aromatic rings. The van der Waals surface area contributed by atoms with Gasteiger partial charge in [0, 0.05) is 30.4 Å². The minimum Gasteiger partial charge on any atom is -0.480 e. The van der Waals surface area contributed by atoms with Gasteiger partial charge in [-0.25, -0.2) is 14.6 Å². The van der Waals surface area contributed by atoms with Crippen LogP contribution >= 0.6 is 0 Å². The normalized spacial score (nSPS) is 23.0. The van der Waals surface area contributed by atoms with E-state index in [-0.39, 0.29) is 24.5 Å². The Balaban J connectivity index is 2.02. The quantitative estimate of drug-likeness (QED) is 0.764. The summed E-state index contributed by atoms with van der Waals surface area (Å²) >= 11 is 0. The standard InChI is InChI=1S/C14H22N4O3/c1-3-11-5-4-9(2)18(11)14(21)17-12(13(19)20)6-10-7-15-8-16-10/h7-9,11-12H,3-6H2,1-2H3,(H,15,16)(H,17,21)(H,19,20)/t9?,11?,12-/m1/s1. The Hall–Kier alpha value is -2.05. The van der Waals surface area contributed by atoms with Crippen LogP contribution in [0.3, 0.4) is 0 Å². The summed E-state index contributed by atoms with van der Waals surface area (Å²) in [7, 11) is 0. The third-order valence-corrected chi connectivity index (χ3v) is 4.07. The highest BCUT2D eigenvalue weighted by atomic mass is 16.4. The monoisotopic (exact) mass is 294 g/mol. The lowest BCUT2D eigenvalue weighted by Crippen LogP contribution is -2.52. The number of likely N-dealkylation sites (tertiary alicyclic amines) is 1. The number of aromatic nitrogens is 2. The summed E-state index contributed by atoms with van der Waals surface area (Å²) in [6, 6.07) is -0.903. The number of nitrogens with zero attached hydrogens (tertiary/aromatic N) is 2. The molecule has 0 spiro atoms. The summed E-state index contributed by atoms with van der Waals surface area (Å²) in [4.78, 5) is 32.2. The first-order valence-corrected chi connectivity index (χ1v) is 7.31. The number of carboxylic acid groups (broad SMARTS) is 1. The van der Waals surface area contributed by atoms with Crippen LogP contribution in [0, 0.1) is 0 Å². The molecule has 3 atom stereocenters. The maximum Gasteiger partial charge on any atom is 0.326 e. The fourth-order valence-corrected chi connectivity index (χ4v) is 2.88. The van der Waals surface area contributed by atoms with Crippen molar-refractivity contribution in [2.75, 3.05) is 0 Å². The van der Waals surface area contributed by atoms with Crippen molar-refractivity contribution in [3.8, 4) is 0 Å². The number of rotatable bonds is 5. The predicted molar refractivity (Wildman–Crippen MR) is 76.9 cm³/mol. The zero-order chi connectivity index (χ0) is 15.4. The molecule has 3 N–H and O–H groups in total. The third-order valence-electron chi connectivity index (χ3n) is 4.07. The van der Waals surface area contributed by atoms with Gasteiger partial charge in [0.1, 0.15) is 6.04 Å². The van der Waals surface area contributed by atoms with Gasteiger partial charge < -0.3 is 20.3 Å². The van der Waals surface area contributed by atoms with Crippen LogP contribution in [0.4, 0.5) is 4.79 Å². The molecule has 2 unspecified atom stereocenters. The number of H-pyrrole nitrogens is 1. The topological polar surface area (TPSA) is 98.3 Å². The summed E-state index contributed by atoms with van der Waals surface area (Å²) < 4.78 is 0. The van der Waals surface area contributed by atoms with Crippen molar-refractivity contribution in [2.24, 2.45) is 0 Å². The minimum atomic E-state index is -1.04. The molecule has 0 bridgehead atoms. The Morgan fingerprint density at radius 2 is 2.33 bits per heavy atom. The van der Waals surface area contributed by atoms with Crippen LogP contribution in [0.15, 0.2) is 12.5 Å². The maximum absolute atomic E-state index is 12.4. The Morgan fingerprint density at radius 1 is 1.57 bits per heavy atom. The molecule has 1 aliphatic heterocycles. The number of urea groups is 1. The van der Waals surface area contributed by atoms with E-state index in [1.807, 2.05) is 13.8 Å². The Morgan fingerprint density at radius 3 is 2.90 bits per heavy atom. The number of carboxylic acids is 1. The number of carbonyl (C=O) groups is 2. The number of imidazole rings is 1. The number of hydrogen-bond acceptors (Lipinski definition) is 3. The van der Waals surface area contributed by atoms with Gasteiger partial charge in [-0.05, 0) is 26.2 Å². The fourth-order valence-electron chi connectivity index (χ4n) is 2.88. The van der Waals surface area contributed by atoms with E-state index in [2.05, 4.69) is 15.3 Å². The van der Waals surface area contributed by atoms with Crippen LogP contribution < -0.4 is 5.32 Å². The molecular formula is C14H22N4O3. The summed E-state index contributed by atoms with van der Waals surface area (Å²) in [5, 5.41) is 11.9. The molecular weight excluding hydrogens is 272 g/mol. The molecule has 0 radical (unpaired) electrons. The Labute approximate surface area is 123 Å². The lowest BCUT2D eigenvalue weighted by molar-refractivity contribution is -0.139. The molecule has 0 aromatic carbocycles. The molecule has 1 aromatic heterocycles. The molecule has 21 heavy (non-hydrogen) atoms. The molecule has 2 amide bonds. The highest BCUT2D eigenvalue weighted by Crippen LogP contribution is 2.25. The number of hydrogen-bond donors (Lipinski definition) is 3. The molecule has 1 saturated heterocycles. The number of amides is 2. The van der Waals surface area contributed by atoms with Gasteiger partial charge in [-0.1, -0.05) is 6.92 Å². The summed E-state index contributed by atoms with van der Waals surface area (Å²) in [6.45, 7) is 4.04. The Kier molecular flexibility index (Phi) is 4.82. The van der Waals surface area contributed by atoms with Crippen molar-refractivity contribution in [2.45, 2.75) is 57.7 Å². The van der Waals surface area contributed by atoms with Gasteiger partial charge in [0.15, 0.2) is 0 Å². The van der Waals surface area contributed by atoms with Gasteiger partial charge >= 0.3 is 12.0 Å². The average molecular weight is 294 g/mol. The van der Waals surface area contributed by atoms with Crippen LogP contribution in [-0.4, -0.2) is 50.1 Å². The van der Waals surface area contributed by atoms with Crippen molar-refractivity contribution < 1.29 is 14.7 Å². The van der Waals surface area contributed by atoms with E-state index in [1.165, 1.54) is 6.33 Å². The molecule has 2 heterocycles. The first kappa shape index (κ1) is 15.3. The summed E-state index contributed by atoms with van der Waals surface area (Å²) in [5.74, 6) is -1.04. The van der Waals surface area contributed by atoms with Crippen LogP contribution in [0.1, 0.15) is 38.8 Å². The molecule has 7 nitrogen and oxygen atoms in total. The van der Waals surface area contributed by atoms with E-state index in [0.717, 1.165) is 19.3 Å². The van der Waals surface area contributed by atoms with Gasteiger partial charge in [0.25, 0.3) is 0 Å². The predicted octanol–water partition coefficient (Wildman–Crippen LogP) is 1.38. The first-order chi connectivity index (χ1) is 10.0. The molecule has 0 saturated carbocycles. The summed E-state index contributed by atoms with van der Waals surface area (Å²) in [6.07, 6.45) is 6.07. The highest BCUT2D eigenvalue weighted by molar-refractivity contribution is 5.83. The van der Waals surface area contributed by atoms with Crippen LogP contribution in [0.2, 0.25) is 0 Å². The lowest BCUT2D eigenvalue weighted by Gasteiger charge is -2.29. The second-order valence-electron chi connectivity index (χ2n) is 5.52. The molecule has 2 rings (SSSR count). The zero-order valence-electron chi connectivity index (χ0n) is 12.4. The van der Waals surface area contributed by atoms with Crippen molar-refractivity contribution in [3.63, 3.8) is 0 Å². The molecule has 0 aliphatic carbocycles. The van der Waals surface area contributed by atoms with E-state index in [0.29, 0.717) is 5.69 Å². The van der Waals surface area contributed by atoms with Crippen molar-refractivity contribution in [1.82, 2.24) is 20.2 Å². The van der Waals surface area contributed by atoms with E-state index >= 15 is 0 Å². The minimum absolute atomic E-state index is 0.150. The lowest BCUT2D eigenvalue weighted by atomic mass is 10.1. The van der Waals surface area contributed by atoms with E-state index in [1.54, 1.807) is 11.1 Å². The number of nitrogens with one attached hydrogen (secondary N) is 2. The van der Waals surface area contributed by atoms with Crippen molar-refractivity contribution in [3.05, 3.63) is 18.2 Å². The van der Waals surface area contributed by atoms with E-state index in [4.69, 9.17) is 0 Å². The van der Waals surface area contributed by atoms with Crippen molar-refractivity contribution in [1.29, 1.82) is 0 Å². The molecule has 7 heteroatoms. The second kappa shape index (κ2) is 6.60. The van der Waals surface area contributed by atoms with Gasteiger partial charge in [0.05, 0.1) is 6.33 Å². The number of aromatic amines is 1. The van der Waals surface area contributed by atoms with Gasteiger partial charge in [-0.2, -0.15) is 0 Å². The van der Waals surface area contributed by atoms with Gasteiger partial charge in [0.2, 0.25) is 0 Å². The van der Waals surface area contributed by atoms with Gasteiger partial charge in [-0.3, -0.25) is 0 Å². The molecule has 116 valence electrons. The molecule has 1 aliphatic rings. The number of aliphatic carboxylic acids is 1. The first-order valence-electron chi connectivity index (χ1n) is 7.31. The SMILES string of the molecule is CCC1CCC(C)N1C(=O)N[C@H](Cc1cnc[nH]1)C(=O)O. The average Bonchev–Trinajstić information content (AvgIpc) is 3.06. The zero-order valence-corrected chi connectivity index (χ0v) is 12.4. The maximum atomic E-state index is 12.4. The smallest absolute Gasteiger partial charge is 0.326 e. The van der Waals surface area contributed by atoms with Crippen LogP contribution in [-0.2, 0) is 11.2 Å². The van der Waals surface area contributed by atoms with E-state index < -0.39 is 12.0 Å². The molecule has 1 fully saturated rings. The highest BCUT2D eigenvalue weighted by Gasteiger charge is 2.35. The largest absolute Gasteiger partial charge is 0.480 e. The van der Waals surface area contributed by atoms with Gasteiger partial charge in [-0.15, -0.1) is 0 Å². The third kappa shape index (κ3) is 3.53. The number of carbonyl (C=O) groups excluding carboxylic acids is 1. The summed E-state index contributed by atoms with van der Waals surface area (Å²) in [5.41, 5.74) is 0.684. The van der Waals surface area contributed by atoms with Crippen molar-refractivity contribution >= 4 is 12.0 Å².